The fourth-order valence-electron chi connectivity index (χ4n) is 1.74. The van der Waals surface area contributed by atoms with Gasteiger partial charge in [-0.3, -0.25) is 0 Å². The lowest BCUT2D eigenvalue weighted by atomic mass is 9.97. The van der Waals surface area contributed by atoms with Gasteiger partial charge >= 0.3 is 0 Å². The molecule has 80 valence electrons. The van der Waals surface area contributed by atoms with E-state index in [-0.39, 0.29) is 0 Å². The van der Waals surface area contributed by atoms with Crippen molar-refractivity contribution >= 4 is 11.3 Å². The standard InChI is InChI=1S/C11H13NO2S/c1-7-4-5-14-9(7)11(3,13)10-8(2)12-6-15-10/h4-6,13H,1-3H3. The lowest BCUT2D eigenvalue weighted by molar-refractivity contribution is 0.0787. The molecular weight excluding hydrogens is 210 g/mol. The third-order valence-corrected chi connectivity index (χ3v) is 3.63. The summed E-state index contributed by atoms with van der Waals surface area (Å²) in [6.45, 7) is 5.54. The van der Waals surface area contributed by atoms with Crippen molar-refractivity contribution in [1.29, 1.82) is 0 Å². The Morgan fingerprint density at radius 3 is 2.67 bits per heavy atom. The zero-order valence-corrected chi connectivity index (χ0v) is 9.76. The second-order valence-corrected chi connectivity index (χ2v) is 4.63. The second-order valence-electron chi connectivity index (χ2n) is 3.77. The molecule has 15 heavy (non-hydrogen) atoms. The Hall–Kier alpha value is -1.13. The van der Waals surface area contributed by atoms with Gasteiger partial charge in [-0.05, 0) is 32.4 Å². The normalized spacial score (nSPS) is 15.2. The Morgan fingerprint density at radius 1 is 1.47 bits per heavy atom. The van der Waals surface area contributed by atoms with Crippen molar-refractivity contribution in [2.24, 2.45) is 0 Å². The van der Waals surface area contributed by atoms with Crippen LogP contribution in [0.1, 0.15) is 28.8 Å². The van der Waals surface area contributed by atoms with Crippen LogP contribution in [0.15, 0.2) is 22.3 Å². The first-order valence-corrected chi connectivity index (χ1v) is 5.59. The molecule has 1 N–H and O–H groups in total. The van der Waals surface area contributed by atoms with Gasteiger partial charge in [0.2, 0.25) is 0 Å². The molecule has 0 fully saturated rings. The van der Waals surface area contributed by atoms with Gasteiger partial charge in [-0.15, -0.1) is 11.3 Å². The topological polar surface area (TPSA) is 46.3 Å². The fraction of sp³-hybridized carbons (Fsp3) is 0.364. The number of nitrogens with zero attached hydrogens (tertiary/aromatic N) is 1. The van der Waals surface area contributed by atoms with E-state index in [1.54, 1.807) is 18.7 Å². The van der Waals surface area contributed by atoms with Gasteiger partial charge in [-0.2, -0.15) is 0 Å². The minimum absolute atomic E-state index is 0.592. The van der Waals surface area contributed by atoms with Crippen molar-refractivity contribution in [2.75, 3.05) is 0 Å². The van der Waals surface area contributed by atoms with Crippen molar-refractivity contribution < 1.29 is 9.52 Å². The molecule has 4 heteroatoms. The number of thiazole rings is 1. The number of rotatable bonds is 2. The van der Waals surface area contributed by atoms with Crippen LogP contribution in [0.2, 0.25) is 0 Å². The summed E-state index contributed by atoms with van der Waals surface area (Å²) in [6, 6.07) is 1.85. The number of hydrogen-bond donors (Lipinski definition) is 1. The highest BCUT2D eigenvalue weighted by Gasteiger charge is 2.33. The highest BCUT2D eigenvalue weighted by molar-refractivity contribution is 7.09. The summed E-state index contributed by atoms with van der Waals surface area (Å²) in [5, 5.41) is 10.5. The van der Waals surface area contributed by atoms with Crippen molar-refractivity contribution in [1.82, 2.24) is 4.98 Å². The third-order valence-electron chi connectivity index (χ3n) is 2.49. The maximum absolute atomic E-state index is 10.5. The fourth-order valence-corrected chi connectivity index (χ4v) is 2.61. The van der Waals surface area contributed by atoms with Crippen LogP contribution in [0.3, 0.4) is 0 Å². The average molecular weight is 223 g/mol. The van der Waals surface area contributed by atoms with Crippen LogP contribution in [0.25, 0.3) is 0 Å². The summed E-state index contributed by atoms with van der Waals surface area (Å²) in [6.07, 6.45) is 1.59. The summed E-state index contributed by atoms with van der Waals surface area (Å²) in [4.78, 5) is 4.97. The van der Waals surface area contributed by atoms with Crippen molar-refractivity contribution in [3.63, 3.8) is 0 Å². The molecule has 2 heterocycles. The van der Waals surface area contributed by atoms with E-state index >= 15 is 0 Å². The van der Waals surface area contributed by atoms with Gasteiger partial charge in [0.25, 0.3) is 0 Å². The van der Waals surface area contributed by atoms with Gasteiger partial charge < -0.3 is 9.52 Å². The van der Waals surface area contributed by atoms with E-state index in [1.807, 2.05) is 19.9 Å². The Balaban J connectivity index is 2.53. The zero-order valence-electron chi connectivity index (χ0n) is 8.94. The third kappa shape index (κ3) is 1.60. The van der Waals surface area contributed by atoms with Crippen LogP contribution in [0.4, 0.5) is 0 Å². The Morgan fingerprint density at radius 2 is 2.20 bits per heavy atom. The summed E-state index contributed by atoms with van der Waals surface area (Å²) in [5.74, 6) is 0.592. The number of aryl methyl sites for hydroxylation is 2. The van der Waals surface area contributed by atoms with Gasteiger partial charge in [-0.1, -0.05) is 0 Å². The lowest BCUT2D eigenvalue weighted by Gasteiger charge is -2.20. The van der Waals surface area contributed by atoms with E-state index < -0.39 is 5.60 Å². The number of furan rings is 1. The van der Waals surface area contributed by atoms with Gasteiger partial charge in [0.15, 0.2) is 5.60 Å². The minimum atomic E-state index is -1.08. The van der Waals surface area contributed by atoms with Crippen LogP contribution < -0.4 is 0 Å². The molecule has 0 aliphatic rings. The average Bonchev–Trinajstić information content (AvgIpc) is 2.73. The lowest BCUT2D eigenvalue weighted by Crippen LogP contribution is -2.22. The molecule has 0 bridgehead atoms. The van der Waals surface area contributed by atoms with E-state index in [4.69, 9.17) is 4.42 Å². The number of aromatic nitrogens is 1. The van der Waals surface area contributed by atoms with E-state index in [0.717, 1.165) is 16.1 Å². The second kappa shape index (κ2) is 3.47. The first-order chi connectivity index (χ1) is 7.03. The molecule has 0 amide bonds. The quantitative estimate of drug-likeness (QED) is 0.851. The maximum Gasteiger partial charge on any atom is 0.155 e. The molecule has 1 atom stereocenters. The summed E-state index contributed by atoms with van der Waals surface area (Å²) in [7, 11) is 0. The van der Waals surface area contributed by atoms with Crippen molar-refractivity contribution in [3.05, 3.63) is 39.7 Å². The maximum atomic E-state index is 10.5. The predicted octanol–water partition coefficient (Wildman–Crippen LogP) is 2.61. The first kappa shape index (κ1) is 10.4. The highest BCUT2D eigenvalue weighted by Crippen LogP contribution is 2.35. The molecule has 0 spiro atoms. The molecule has 0 aromatic carbocycles. The van der Waals surface area contributed by atoms with E-state index in [9.17, 15) is 5.11 Å². The first-order valence-electron chi connectivity index (χ1n) is 4.71. The Bertz CT molecular complexity index is 428. The van der Waals surface area contributed by atoms with E-state index in [0.29, 0.717) is 5.76 Å². The highest BCUT2D eigenvalue weighted by atomic mass is 32.1. The van der Waals surface area contributed by atoms with Gasteiger partial charge in [0.1, 0.15) is 5.76 Å². The van der Waals surface area contributed by atoms with Gasteiger partial charge in [-0.25, -0.2) is 4.98 Å². The smallest absolute Gasteiger partial charge is 0.155 e. The zero-order chi connectivity index (χ0) is 11.1. The molecule has 0 aliphatic heterocycles. The van der Waals surface area contributed by atoms with Crippen LogP contribution in [-0.2, 0) is 5.60 Å². The molecular formula is C11H13NO2S. The molecule has 0 aliphatic carbocycles. The van der Waals surface area contributed by atoms with Crippen LogP contribution >= 0.6 is 11.3 Å². The van der Waals surface area contributed by atoms with Gasteiger partial charge in [0.05, 0.1) is 22.3 Å². The summed E-state index contributed by atoms with van der Waals surface area (Å²) >= 11 is 1.44. The van der Waals surface area contributed by atoms with E-state index in [1.165, 1.54) is 11.3 Å². The predicted molar refractivity (Wildman–Crippen MR) is 59.0 cm³/mol. The molecule has 0 radical (unpaired) electrons. The summed E-state index contributed by atoms with van der Waals surface area (Å²) in [5.41, 5.74) is 2.45. The number of aliphatic hydroxyl groups is 1. The molecule has 0 saturated heterocycles. The largest absolute Gasteiger partial charge is 0.466 e. The monoisotopic (exact) mass is 223 g/mol. The SMILES string of the molecule is Cc1ccoc1C(C)(O)c1scnc1C. The molecule has 2 aromatic heterocycles. The molecule has 2 aromatic rings. The van der Waals surface area contributed by atoms with Crippen LogP contribution in [0, 0.1) is 13.8 Å². The minimum Gasteiger partial charge on any atom is -0.466 e. The molecule has 0 saturated carbocycles. The molecule has 3 nitrogen and oxygen atoms in total. The Kier molecular flexibility index (Phi) is 2.40. The van der Waals surface area contributed by atoms with Crippen molar-refractivity contribution in [2.45, 2.75) is 26.4 Å². The molecule has 2 rings (SSSR count). The van der Waals surface area contributed by atoms with Crippen LogP contribution in [0.5, 0.6) is 0 Å². The van der Waals surface area contributed by atoms with Crippen molar-refractivity contribution in [3.8, 4) is 0 Å². The van der Waals surface area contributed by atoms with Gasteiger partial charge in [0, 0.05) is 0 Å². The van der Waals surface area contributed by atoms with Crippen LogP contribution in [-0.4, -0.2) is 10.1 Å². The Labute approximate surface area is 92.4 Å². The molecule has 1 unspecified atom stereocenters. The summed E-state index contributed by atoms with van der Waals surface area (Å²) < 4.78 is 5.34. The van der Waals surface area contributed by atoms with E-state index in [2.05, 4.69) is 4.98 Å². The number of hydrogen-bond acceptors (Lipinski definition) is 4.